The van der Waals surface area contributed by atoms with Gasteiger partial charge in [-0.1, -0.05) is 133 Å². The molecular weight excluding hydrogens is 749 g/mol. The second-order valence-corrected chi connectivity index (χ2v) is 13.5. The number of hydrogen-bond donors (Lipinski definition) is 2. The van der Waals surface area contributed by atoms with E-state index < -0.39 is 23.1 Å². The SMILES string of the molecule is C=CCOCC(O)(CCOC(=O)C(C#N)=C(c1ccccc1)c1ccccc1)COCC(O)(CCOC(=O)C(C#N)=C(c1ccccc1)c1ccccc1)COCC=C. The Morgan fingerprint density at radius 2 is 0.814 bits per heavy atom. The van der Waals surface area contributed by atoms with Crippen molar-refractivity contribution in [3.8, 4) is 12.1 Å². The first-order valence-corrected chi connectivity index (χ1v) is 18.9. The Morgan fingerprint density at radius 1 is 0.525 bits per heavy atom. The predicted octanol–water partition coefficient (Wildman–Crippen LogP) is 6.79. The normalized spacial score (nSPS) is 12.6. The largest absolute Gasteiger partial charge is 0.461 e. The lowest BCUT2D eigenvalue weighted by Crippen LogP contribution is -2.46. The summed E-state index contributed by atoms with van der Waals surface area (Å²) in [5.41, 5.74) is -0.413. The molecule has 0 aliphatic heterocycles. The summed E-state index contributed by atoms with van der Waals surface area (Å²) in [5, 5.41) is 43.5. The number of carbonyl (C=O) groups excluding carboxylic acids is 2. The minimum Gasteiger partial charge on any atom is -0.461 e. The Bertz CT molecular complexity index is 1890. The summed E-state index contributed by atoms with van der Waals surface area (Å²) in [6.07, 6.45) is 2.70. The van der Waals surface area contributed by atoms with Gasteiger partial charge in [-0.15, -0.1) is 13.2 Å². The molecular formula is C48H48N2O9. The fourth-order valence-electron chi connectivity index (χ4n) is 6.02. The Hall–Kier alpha value is -6.44. The Balaban J connectivity index is 1.45. The molecule has 304 valence electrons. The van der Waals surface area contributed by atoms with Crippen LogP contribution in [0.5, 0.6) is 0 Å². The van der Waals surface area contributed by atoms with Gasteiger partial charge in [0.05, 0.1) is 52.9 Å². The summed E-state index contributed by atoms with van der Waals surface area (Å²) in [7, 11) is 0. The average Bonchev–Trinajstić information content (AvgIpc) is 3.26. The number of carbonyl (C=O) groups is 2. The van der Waals surface area contributed by atoms with Crippen molar-refractivity contribution in [1.29, 1.82) is 10.5 Å². The predicted molar refractivity (Wildman–Crippen MR) is 223 cm³/mol. The van der Waals surface area contributed by atoms with Gasteiger partial charge in [0.25, 0.3) is 0 Å². The molecule has 59 heavy (non-hydrogen) atoms. The molecule has 2 N–H and O–H groups in total. The van der Waals surface area contributed by atoms with E-state index in [4.69, 9.17) is 23.7 Å². The van der Waals surface area contributed by atoms with Gasteiger partial charge in [0.2, 0.25) is 0 Å². The monoisotopic (exact) mass is 796 g/mol. The molecule has 0 bridgehead atoms. The molecule has 0 aromatic heterocycles. The maximum Gasteiger partial charge on any atom is 0.349 e. The van der Waals surface area contributed by atoms with E-state index >= 15 is 0 Å². The Labute approximate surface area is 345 Å². The second kappa shape index (κ2) is 23.7. The third-order valence-corrected chi connectivity index (χ3v) is 8.94. The van der Waals surface area contributed by atoms with E-state index in [0.717, 1.165) is 0 Å². The van der Waals surface area contributed by atoms with Crippen LogP contribution in [0, 0.1) is 22.7 Å². The number of nitriles is 2. The quantitative estimate of drug-likeness (QED) is 0.0252. The van der Waals surface area contributed by atoms with Crippen molar-refractivity contribution in [1.82, 2.24) is 0 Å². The van der Waals surface area contributed by atoms with Crippen molar-refractivity contribution in [3.63, 3.8) is 0 Å². The van der Waals surface area contributed by atoms with Gasteiger partial charge < -0.3 is 33.9 Å². The van der Waals surface area contributed by atoms with Crippen LogP contribution in [-0.2, 0) is 33.3 Å². The van der Waals surface area contributed by atoms with Gasteiger partial charge in [0.1, 0.15) is 34.5 Å². The first kappa shape index (κ1) is 45.3. The van der Waals surface area contributed by atoms with Gasteiger partial charge in [-0.05, 0) is 22.3 Å². The van der Waals surface area contributed by atoms with Crippen LogP contribution in [0.4, 0.5) is 0 Å². The Kier molecular flexibility index (Phi) is 18.2. The molecule has 11 heteroatoms. The standard InChI is InChI=1S/C48H48N2O9/c1-3-27-55-33-47(53,25-29-58-45(51)41(31-49)43(37-17-9-5-10-18-37)38-19-11-6-12-20-38)35-57-36-48(54,34-56-28-4-2)26-30-59-46(52)42(32-50)44(39-21-13-7-14-22-39)40-23-15-8-16-24-40/h3-24,53-54H,1-2,25-30,33-36H2. The fourth-order valence-corrected chi connectivity index (χ4v) is 6.02. The van der Waals surface area contributed by atoms with Crippen molar-refractivity contribution >= 4 is 23.1 Å². The highest BCUT2D eigenvalue weighted by Crippen LogP contribution is 2.29. The maximum absolute atomic E-state index is 13.4. The smallest absolute Gasteiger partial charge is 0.349 e. The van der Waals surface area contributed by atoms with E-state index in [9.17, 15) is 30.3 Å². The minimum atomic E-state index is -1.71. The lowest BCUT2D eigenvalue weighted by molar-refractivity contribution is -0.154. The maximum atomic E-state index is 13.4. The molecule has 0 amide bonds. The third-order valence-electron chi connectivity index (χ3n) is 8.94. The van der Waals surface area contributed by atoms with Crippen LogP contribution < -0.4 is 0 Å². The van der Waals surface area contributed by atoms with Crippen LogP contribution in [-0.4, -0.2) is 86.2 Å². The van der Waals surface area contributed by atoms with E-state index in [0.29, 0.717) is 33.4 Å². The van der Waals surface area contributed by atoms with Crippen LogP contribution in [0.3, 0.4) is 0 Å². The van der Waals surface area contributed by atoms with E-state index in [1.54, 1.807) is 97.1 Å². The number of benzene rings is 4. The molecule has 4 rings (SSSR count). The van der Waals surface area contributed by atoms with Gasteiger partial charge in [0, 0.05) is 24.0 Å². The summed E-state index contributed by atoms with van der Waals surface area (Å²) in [5.74, 6) is -1.74. The van der Waals surface area contributed by atoms with Crippen LogP contribution in [0.25, 0.3) is 11.1 Å². The number of aliphatic hydroxyl groups is 2. The molecule has 0 saturated carbocycles. The first-order chi connectivity index (χ1) is 28.7. The summed E-state index contributed by atoms with van der Waals surface area (Å²) in [6, 6.07) is 40.1. The minimum absolute atomic E-state index is 0.112. The zero-order valence-electron chi connectivity index (χ0n) is 32.8. The van der Waals surface area contributed by atoms with E-state index in [1.165, 1.54) is 12.2 Å². The highest BCUT2D eigenvalue weighted by molar-refractivity contribution is 6.06. The van der Waals surface area contributed by atoms with E-state index in [2.05, 4.69) is 13.2 Å². The summed E-state index contributed by atoms with van der Waals surface area (Å²) < 4.78 is 28.1. The number of nitrogens with zero attached hydrogens (tertiary/aromatic N) is 2. The van der Waals surface area contributed by atoms with Gasteiger partial charge in [0.15, 0.2) is 0 Å². The molecule has 11 nitrogen and oxygen atoms in total. The molecule has 0 heterocycles. The van der Waals surface area contributed by atoms with E-state index in [-0.39, 0.29) is 76.8 Å². The Morgan fingerprint density at radius 3 is 1.08 bits per heavy atom. The summed E-state index contributed by atoms with van der Waals surface area (Å²) in [6.45, 7) is 5.66. The van der Waals surface area contributed by atoms with Crippen LogP contribution in [0.15, 0.2) is 158 Å². The lowest BCUT2D eigenvalue weighted by Gasteiger charge is -2.31. The number of ether oxygens (including phenoxy) is 5. The number of esters is 2. The molecule has 0 radical (unpaired) electrons. The second-order valence-electron chi connectivity index (χ2n) is 13.5. The van der Waals surface area contributed by atoms with Crippen molar-refractivity contribution in [2.45, 2.75) is 24.0 Å². The summed E-state index contributed by atoms with van der Waals surface area (Å²) in [4.78, 5) is 26.8. The van der Waals surface area contributed by atoms with Crippen LogP contribution >= 0.6 is 0 Å². The van der Waals surface area contributed by atoms with Gasteiger partial charge >= 0.3 is 11.9 Å². The van der Waals surface area contributed by atoms with Crippen LogP contribution in [0.1, 0.15) is 35.1 Å². The first-order valence-electron chi connectivity index (χ1n) is 18.9. The van der Waals surface area contributed by atoms with E-state index in [1.807, 2.05) is 36.4 Å². The van der Waals surface area contributed by atoms with Crippen molar-refractivity contribution in [3.05, 3.63) is 180 Å². The highest BCUT2D eigenvalue weighted by atomic mass is 16.5. The highest BCUT2D eigenvalue weighted by Gasteiger charge is 2.34. The van der Waals surface area contributed by atoms with Crippen LogP contribution in [0.2, 0.25) is 0 Å². The fraction of sp³-hybridized carbons (Fsp3) is 0.250. The molecule has 0 fully saturated rings. The van der Waals surface area contributed by atoms with Crippen molar-refractivity contribution in [2.75, 3.05) is 52.9 Å². The molecule has 0 spiro atoms. The molecule has 4 aromatic carbocycles. The number of rotatable bonds is 24. The lowest BCUT2D eigenvalue weighted by atomic mass is 9.93. The zero-order chi connectivity index (χ0) is 42.4. The molecule has 2 unspecified atom stereocenters. The molecule has 0 saturated heterocycles. The van der Waals surface area contributed by atoms with Gasteiger partial charge in [-0.3, -0.25) is 0 Å². The molecule has 4 aromatic rings. The number of hydrogen-bond acceptors (Lipinski definition) is 11. The topological polar surface area (TPSA) is 168 Å². The molecule has 0 aliphatic carbocycles. The molecule has 2 atom stereocenters. The van der Waals surface area contributed by atoms with Gasteiger partial charge in [-0.25, -0.2) is 9.59 Å². The molecule has 0 aliphatic rings. The summed E-state index contributed by atoms with van der Waals surface area (Å²) >= 11 is 0. The van der Waals surface area contributed by atoms with Crippen molar-refractivity contribution in [2.24, 2.45) is 0 Å². The third kappa shape index (κ3) is 13.9. The van der Waals surface area contributed by atoms with Gasteiger partial charge in [-0.2, -0.15) is 10.5 Å². The average molecular weight is 797 g/mol. The van der Waals surface area contributed by atoms with Crippen molar-refractivity contribution < 1.29 is 43.5 Å². The zero-order valence-corrected chi connectivity index (χ0v) is 32.8.